The van der Waals surface area contributed by atoms with Crippen LogP contribution in [0.3, 0.4) is 0 Å². The van der Waals surface area contributed by atoms with Crippen molar-refractivity contribution in [2.45, 2.75) is 32.9 Å². The number of benzene rings is 1. The second kappa shape index (κ2) is 14.4. The fourth-order valence-corrected chi connectivity index (χ4v) is 2.76. The van der Waals surface area contributed by atoms with Crippen LogP contribution in [0.5, 0.6) is 5.88 Å². The van der Waals surface area contributed by atoms with Crippen LogP contribution in [-0.4, -0.2) is 51.0 Å². The van der Waals surface area contributed by atoms with Crippen molar-refractivity contribution >= 4 is 5.96 Å². The lowest BCUT2D eigenvalue weighted by Crippen LogP contribution is -2.38. The van der Waals surface area contributed by atoms with Gasteiger partial charge in [0.15, 0.2) is 5.96 Å². The second-order valence-electron chi connectivity index (χ2n) is 6.71. The summed E-state index contributed by atoms with van der Waals surface area (Å²) >= 11 is 0. The maximum Gasteiger partial charge on any atom is 0.218 e. The number of aliphatic imine (C=N–C) groups is 1. The Kier molecular flexibility index (Phi) is 11.3. The van der Waals surface area contributed by atoms with Crippen LogP contribution in [0, 0.1) is 0 Å². The van der Waals surface area contributed by atoms with Crippen molar-refractivity contribution in [3.05, 3.63) is 59.8 Å². The Balaban J connectivity index is 1.78. The number of nitrogens with zero attached hydrogens (tertiary/aromatic N) is 2. The van der Waals surface area contributed by atoms with Crippen molar-refractivity contribution in [1.82, 2.24) is 15.6 Å². The molecular weight excluding hydrogens is 380 g/mol. The molecule has 0 amide bonds. The lowest BCUT2D eigenvalue weighted by Gasteiger charge is -2.15. The van der Waals surface area contributed by atoms with Gasteiger partial charge in [-0.2, -0.15) is 0 Å². The molecule has 0 aliphatic heterocycles. The summed E-state index contributed by atoms with van der Waals surface area (Å²) in [5.74, 6) is 1.36. The third-order valence-corrected chi connectivity index (χ3v) is 4.38. The molecule has 30 heavy (non-hydrogen) atoms. The number of rotatable bonds is 13. The first-order valence-corrected chi connectivity index (χ1v) is 10.5. The standard InChI is InChI=1S/C23H34N4O3/c1-4-24-23(26-14-9-15-29-19(2)20-10-6-5-7-11-20)27-18-21-12-8-13-25-22(21)30-17-16-28-3/h5-8,10-13,19H,4,9,14-18H2,1-3H3,(H2,24,26,27). The largest absolute Gasteiger partial charge is 0.475 e. The van der Waals surface area contributed by atoms with Gasteiger partial charge in [-0.1, -0.05) is 36.4 Å². The molecule has 0 fully saturated rings. The number of guanidine groups is 1. The first-order valence-electron chi connectivity index (χ1n) is 10.5. The Bertz CT molecular complexity index is 740. The minimum Gasteiger partial charge on any atom is -0.475 e. The minimum atomic E-state index is 0.0928. The fraction of sp³-hybridized carbons (Fsp3) is 0.478. The molecule has 2 rings (SSSR count). The monoisotopic (exact) mass is 414 g/mol. The summed E-state index contributed by atoms with van der Waals surface area (Å²) in [4.78, 5) is 8.95. The number of hydrogen-bond donors (Lipinski definition) is 2. The average Bonchev–Trinajstić information content (AvgIpc) is 2.78. The van der Waals surface area contributed by atoms with E-state index in [0.29, 0.717) is 32.2 Å². The Hall–Kier alpha value is -2.64. The molecule has 1 atom stereocenters. The van der Waals surface area contributed by atoms with Gasteiger partial charge in [-0.05, 0) is 31.9 Å². The molecule has 2 N–H and O–H groups in total. The summed E-state index contributed by atoms with van der Waals surface area (Å²) in [6.07, 6.45) is 2.70. The number of nitrogens with one attached hydrogen (secondary N) is 2. The van der Waals surface area contributed by atoms with Gasteiger partial charge in [0.05, 0.1) is 19.3 Å². The van der Waals surface area contributed by atoms with E-state index >= 15 is 0 Å². The van der Waals surface area contributed by atoms with Crippen LogP contribution in [-0.2, 0) is 16.0 Å². The van der Waals surface area contributed by atoms with Crippen LogP contribution in [0.2, 0.25) is 0 Å². The first kappa shape index (κ1) is 23.6. The Labute approximate surface area is 179 Å². The Morgan fingerprint density at radius 1 is 1.07 bits per heavy atom. The molecular formula is C23H34N4O3. The van der Waals surface area contributed by atoms with Gasteiger partial charge in [-0.25, -0.2) is 9.98 Å². The normalized spacial score (nSPS) is 12.4. The molecule has 7 nitrogen and oxygen atoms in total. The van der Waals surface area contributed by atoms with Gasteiger partial charge < -0.3 is 24.8 Å². The van der Waals surface area contributed by atoms with E-state index in [9.17, 15) is 0 Å². The number of methoxy groups -OCH3 is 1. The van der Waals surface area contributed by atoms with Crippen LogP contribution in [0.25, 0.3) is 0 Å². The van der Waals surface area contributed by atoms with Crippen molar-refractivity contribution in [2.75, 3.05) is 40.0 Å². The highest BCUT2D eigenvalue weighted by molar-refractivity contribution is 5.79. The van der Waals surface area contributed by atoms with Crippen LogP contribution in [0.15, 0.2) is 53.7 Å². The summed E-state index contributed by atoms with van der Waals surface area (Å²) in [5, 5.41) is 6.62. The highest BCUT2D eigenvalue weighted by atomic mass is 16.5. The van der Waals surface area contributed by atoms with Crippen molar-refractivity contribution in [3.8, 4) is 5.88 Å². The molecule has 0 saturated carbocycles. The predicted molar refractivity (Wildman–Crippen MR) is 120 cm³/mol. The van der Waals surface area contributed by atoms with Crippen LogP contribution >= 0.6 is 0 Å². The SMILES string of the molecule is CCNC(=NCc1cccnc1OCCOC)NCCCOC(C)c1ccccc1. The molecule has 7 heteroatoms. The van der Waals surface area contributed by atoms with E-state index in [1.807, 2.05) is 37.3 Å². The van der Waals surface area contributed by atoms with E-state index in [4.69, 9.17) is 14.2 Å². The predicted octanol–water partition coefficient (Wildman–Crippen LogP) is 3.33. The van der Waals surface area contributed by atoms with Gasteiger partial charge in [0.2, 0.25) is 5.88 Å². The second-order valence-corrected chi connectivity index (χ2v) is 6.71. The maximum atomic E-state index is 5.93. The number of ether oxygens (including phenoxy) is 3. The zero-order valence-corrected chi connectivity index (χ0v) is 18.3. The molecule has 1 unspecified atom stereocenters. The molecule has 0 aliphatic carbocycles. The number of aromatic nitrogens is 1. The van der Waals surface area contributed by atoms with Gasteiger partial charge in [0.25, 0.3) is 0 Å². The van der Waals surface area contributed by atoms with E-state index in [1.54, 1.807) is 13.3 Å². The van der Waals surface area contributed by atoms with Gasteiger partial charge in [0, 0.05) is 38.6 Å². The smallest absolute Gasteiger partial charge is 0.218 e. The third kappa shape index (κ3) is 8.80. The number of pyridine rings is 1. The molecule has 0 spiro atoms. The quantitative estimate of drug-likeness (QED) is 0.297. The van der Waals surface area contributed by atoms with Crippen LogP contribution < -0.4 is 15.4 Å². The molecule has 0 radical (unpaired) electrons. The Morgan fingerprint density at radius 3 is 2.67 bits per heavy atom. The maximum absolute atomic E-state index is 5.93. The molecule has 0 saturated heterocycles. The van der Waals surface area contributed by atoms with Crippen molar-refractivity contribution in [3.63, 3.8) is 0 Å². The molecule has 164 valence electrons. The molecule has 2 aromatic rings. The van der Waals surface area contributed by atoms with Crippen molar-refractivity contribution in [2.24, 2.45) is 4.99 Å². The molecule has 1 aromatic heterocycles. The fourth-order valence-electron chi connectivity index (χ4n) is 2.76. The van der Waals surface area contributed by atoms with Gasteiger partial charge in [0.1, 0.15) is 6.61 Å². The van der Waals surface area contributed by atoms with Crippen LogP contribution in [0.4, 0.5) is 0 Å². The van der Waals surface area contributed by atoms with Crippen molar-refractivity contribution < 1.29 is 14.2 Å². The first-order chi connectivity index (χ1) is 14.7. The zero-order valence-electron chi connectivity index (χ0n) is 18.3. The summed E-state index contributed by atoms with van der Waals surface area (Å²) < 4.78 is 16.6. The van der Waals surface area contributed by atoms with Gasteiger partial charge in [-0.3, -0.25) is 0 Å². The zero-order chi connectivity index (χ0) is 21.4. The van der Waals surface area contributed by atoms with Crippen LogP contribution in [0.1, 0.15) is 37.5 Å². The highest BCUT2D eigenvalue weighted by Gasteiger charge is 2.06. The summed E-state index contributed by atoms with van der Waals surface area (Å²) in [6.45, 7) is 7.84. The summed E-state index contributed by atoms with van der Waals surface area (Å²) in [7, 11) is 1.65. The molecule has 1 aromatic carbocycles. The third-order valence-electron chi connectivity index (χ3n) is 4.38. The molecule has 0 aliphatic rings. The van der Waals surface area contributed by atoms with Gasteiger partial charge in [-0.15, -0.1) is 0 Å². The van der Waals surface area contributed by atoms with E-state index in [1.165, 1.54) is 5.56 Å². The minimum absolute atomic E-state index is 0.0928. The molecule has 0 bridgehead atoms. The Morgan fingerprint density at radius 2 is 1.90 bits per heavy atom. The lowest BCUT2D eigenvalue weighted by atomic mass is 10.1. The average molecular weight is 415 g/mol. The van der Waals surface area contributed by atoms with Crippen molar-refractivity contribution in [1.29, 1.82) is 0 Å². The van der Waals surface area contributed by atoms with Gasteiger partial charge >= 0.3 is 0 Å². The van der Waals surface area contributed by atoms with E-state index in [-0.39, 0.29) is 6.10 Å². The number of hydrogen-bond acceptors (Lipinski definition) is 5. The summed E-state index contributed by atoms with van der Waals surface area (Å²) in [5.41, 5.74) is 2.13. The topological polar surface area (TPSA) is 77.0 Å². The lowest BCUT2D eigenvalue weighted by molar-refractivity contribution is 0.0646. The molecule has 1 heterocycles. The van der Waals surface area contributed by atoms with E-state index in [0.717, 1.165) is 31.0 Å². The van der Waals surface area contributed by atoms with E-state index < -0.39 is 0 Å². The highest BCUT2D eigenvalue weighted by Crippen LogP contribution is 2.16. The van der Waals surface area contributed by atoms with E-state index in [2.05, 4.69) is 39.7 Å². The summed E-state index contributed by atoms with van der Waals surface area (Å²) in [6, 6.07) is 14.1.